The van der Waals surface area contributed by atoms with E-state index >= 15 is 0 Å². The van der Waals surface area contributed by atoms with Crippen LogP contribution in [0.2, 0.25) is 0 Å². The normalized spacial score (nSPS) is 7.11. The second-order valence-electron chi connectivity index (χ2n) is 0.947. The molecule has 0 unspecified atom stereocenters. The molecule has 0 aliphatic carbocycles. The van der Waals surface area contributed by atoms with Gasteiger partial charge in [-0.25, -0.2) is 4.79 Å². The van der Waals surface area contributed by atoms with E-state index in [2.05, 4.69) is 20.9 Å². The van der Waals surface area contributed by atoms with Crippen molar-refractivity contribution in [1.29, 1.82) is 0 Å². The maximum atomic E-state index is 10.7. The van der Waals surface area contributed by atoms with E-state index in [0.717, 1.165) is 6.92 Å². The second kappa shape index (κ2) is 10.7. The van der Waals surface area contributed by atoms with Gasteiger partial charge in [0.15, 0.2) is 0 Å². The molecule has 0 radical (unpaired) electrons. The summed E-state index contributed by atoms with van der Waals surface area (Å²) >= 11 is 2.87. The number of carbonyl (C=O) groups excluding carboxylic acids is 1. The zero-order valence-corrected chi connectivity index (χ0v) is 6.45. The van der Waals surface area contributed by atoms with Gasteiger partial charge in [0.25, 0.3) is 0 Å². The predicted octanol–water partition coefficient (Wildman–Crippen LogP) is 1.78. The van der Waals surface area contributed by atoms with Crippen LogP contribution in [-0.2, 0) is 9.74 Å². The first-order chi connectivity index (χ1) is 4.18. The predicted molar refractivity (Wildman–Crippen MR) is 32.6 cm³/mol. The van der Waals surface area contributed by atoms with E-state index in [9.17, 15) is 13.7 Å². The van der Waals surface area contributed by atoms with Gasteiger partial charge in [-0.15, -0.1) is 0 Å². The molecule has 0 heterocycles. The fourth-order valence-corrected chi connectivity index (χ4v) is 0. The van der Waals surface area contributed by atoms with Crippen LogP contribution in [0.5, 0.6) is 0 Å². The van der Waals surface area contributed by atoms with Crippen LogP contribution in [0, 0.1) is 0 Å². The van der Waals surface area contributed by atoms with Gasteiger partial charge in [0, 0.05) is 16.8 Å². The Kier molecular flexibility index (Phi) is 13.8. The van der Waals surface area contributed by atoms with E-state index in [4.69, 9.17) is 0 Å². The summed E-state index contributed by atoms with van der Waals surface area (Å²) in [4.78, 5) is 11.8. The number of alkyl halides is 2. The summed E-state index contributed by atoms with van der Waals surface area (Å²) < 4.78 is 20.9. The summed E-state index contributed by atoms with van der Waals surface area (Å²) in [5, 5.41) is 0.465. The topological polar surface area (TPSA) is 26.3 Å². The second-order valence-corrected chi connectivity index (χ2v) is 1.74. The fraction of sp³-hybridized carbons (Fsp3) is 0.750. The molecule has 0 atom stereocenters. The van der Waals surface area contributed by atoms with Crippen LogP contribution in [0.4, 0.5) is 8.92 Å². The molecule has 2 nitrogen and oxygen atoms in total. The number of hydrogen-bond donors (Lipinski definition) is 0. The van der Waals surface area contributed by atoms with Gasteiger partial charge in [-0.05, 0) is 0 Å². The Labute approximate surface area is 60.2 Å². The SMILES string of the molecule is CC(=O)OF.FCCBr. The maximum Gasteiger partial charge on any atom is 0.345 e. The Morgan fingerprint density at radius 3 is 2.00 bits per heavy atom. The lowest BCUT2D eigenvalue weighted by atomic mass is 10.9. The summed E-state index contributed by atoms with van der Waals surface area (Å²) in [6.45, 7) is 0.722. The summed E-state index contributed by atoms with van der Waals surface area (Å²) in [7, 11) is 0. The van der Waals surface area contributed by atoms with E-state index < -0.39 is 5.97 Å². The summed E-state index contributed by atoms with van der Waals surface area (Å²) in [6, 6.07) is 0. The molecule has 0 fully saturated rings. The molecule has 0 N–H and O–H groups in total. The Hall–Kier alpha value is -0.190. The van der Waals surface area contributed by atoms with Crippen molar-refractivity contribution in [2.24, 2.45) is 0 Å². The van der Waals surface area contributed by atoms with Crippen molar-refractivity contribution in [3.8, 4) is 0 Å². The van der Waals surface area contributed by atoms with Crippen LogP contribution in [-0.4, -0.2) is 18.0 Å². The minimum absolute atomic E-state index is 0.264. The first kappa shape index (κ1) is 11.6. The van der Waals surface area contributed by atoms with Crippen LogP contribution in [0.1, 0.15) is 6.92 Å². The van der Waals surface area contributed by atoms with Crippen molar-refractivity contribution in [1.82, 2.24) is 0 Å². The lowest BCUT2D eigenvalue weighted by Gasteiger charge is -1.71. The Morgan fingerprint density at radius 2 is 2.00 bits per heavy atom. The van der Waals surface area contributed by atoms with Gasteiger partial charge in [-0.3, -0.25) is 9.33 Å². The van der Waals surface area contributed by atoms with Crippen LogP contribution in [0.15, 0.2) is 0 Å². The molecule has 0 aromatic carbocycles. The molecule has 0 saturated heterocycles. The van der Waals surface area contributed by atoms with Crippen molar-refractivity contribution in [3.63, 3.8) is 0 Å². The van der Waals surface area contributed by atoms with Gasteiger partial charge in [0.2, 0.25) is 0 Å². The lowest BCUT2D eigenvalue weighted by molar-refractivity contribution is -0.180. The molecular weight excluding hydrogens is 198 g/mol. The van der Waals surface area contributed by atoms with Gasteiger partial charge in [-0.2, -0.15) is 0 Å². The standard InChI is InChI=1S/C2H4BrF.C2H3FO2/c3-1-2-4;1-2(4)5-3/h1-2H2;1H3. The zero-order valence-electron chi connectivity index (χ0n) is 4.86. The third-order valence-electron chi connectivity index (χ3n) is 0.180. The summed E-state index contributed by atoms with van der Waals surface area (Å²) in [6.07, 6.45) is 0. The molecule has 9 heavy (non-hydrogen) atoms. The third-order valence-corrected chi connectivity index (χ3v) is 0.480. The molecule has 0 aromatic heterocycles. The van der Waals surface area contributed by atoms with Crippen LogP contribution in [0.3, 0.4) is 0 Å². The Morgan fingerprint density at radius 1 is 1.78 bits per heavy atom. The minimum Gasteiger partial charge on any atom is -0.255 e. The average Bonchev–Trinajstić information content (AvgIpc) is 1.89. The summed E-state index contributed by atoms with van der Waals surface area (Å²) in [5.41, 5.74) is 0. The van der Waals surface area contributed by atoms with Crippen LogP contribution in [0.25, 0.3) is 0 Å². The van der Waals surface area contributed by atoms with E-state index in [1.165, 1.54) is 0 Å². The van der Waals surface area contributed by atoms with Crippen LogP contribution < -0.4 is 0 Å². The minimum atomic E-state index is -0.912. The molecular formula is C4H7BrF2O2. The zero-order chi connectivity index (χ0) is 7.70. The van der Waals surface area contributed by atoms with E-state index in [0.29, 0.717) is 5.33 Å². The smallest absolute Gasteiger partial charge is 0.255 e. The highest BCUT2D eigenvalue weighted by Gasteiger charge is 1.81. The molecule has 0 rings (SSSR count). The average molecular weight is 205 g/mol. The third kappa shape index (κ3) is 33.4. The number of rotatable bonds is 1. The molecule has 56 valence electrons. The fourth-order valence-electron chi connectivity index (χ4n) is 0. The number of halogens is 3. The van der Waals surface area contributed by atoms with Gasteiger partial charge in [-0.1, -0.05) is 15.9 Å². The first-order valence-corrected chi connectivity index (χ1v) is 3.22. The molecule has 0 saturated carbocycles. The highest BCUT2D eigenvalue weighted by molar-refractivity contribution is 9.09. The molecule has 0 aliphatic heterocycles. The van der Waals surface area contributed by atoms with Gasteiger partial charge in [0.1, 0.15) is 0 Å². The van der Waals surface area contributed by atoms with Crippen molar-refractivity contribution < 1.29 is 18.7 Å². The maximum absolute atomic E-state index is 10.7. The Bertz CT molecular complexity index is 67.6. The van der Waals surface area contributed by atoms with Gasteiger partial charge in [0.05, 0.1) is 6.67 Å². The molecule has 5 heteroatoms. The monoisotopic (exact) mass is 204 g/mol. The van der Waals surface area contributed by atoms with Crippen LogP contribution >= 0.6 is 15.9 Å². The number of carbonyl (C=O) groups is 1. The number of hydrogen-bond acceptors (Lipinski definition) is 2. The van der Waals surface area contributed by atoms with E-state index in [1.54, 1.807) is 0 Å². The van der Waals surface area contributed by atoms with Crippen molar-refractivity contribution in [2.45, 2.75) is 6.92 Å². The van der Waals surface area contributed by atoms with E-state index in [-0.39, 0.29) is 6.67 Å². The highest BCUT2D eigenvalue weighted by atomic mass is 79.9. The lowest BCUT2D eigenvalue weighted by Crippen LogP contribution is -1.83. The molecule has 0 aromatic rings. The van der Waals surface area contributed by atoms with E-state index in [1.807, 2.05) is 0 Å². The van der Waals surface area contributed by atoms with Gasteiger partial charge < -0.3 is 0 Å². The van der Waals surface area contributed by atoms with Crippen molar-refractivity contribution in [3.05, 3.63) is 0 Å². The largest absolute Gasteiger partial charge is 0.345 e. The Balaban J connectivity index is 0. The molecule has 0 amide bonds. The molecule has 0 bridgehead atoms. The quantitative estimate of drug-likeness (QED) is 0.610. The molecule has 0 aliphatic rings. The highest BCUT2D eigenvalue weighted by Crippen LogP contribution is 1.75. The van der Waals surface area contributed by atoms with Gasteiger partial charge >= 0.3 is 5.97 Å². The first-order valence-electron chi connectivity index (χ1n) is 2.10. The summed E-state index contributed by atoms with van der Waals surface area (Å²) in [5.74, 6) is -0.912. The van der Waals surface area contributed by atoms with Crippen molar-refractivity contribution >= 4 is 21.9 Å². The molecule has 0 spiro atoms. The van der Waals surface area contributed by atoms with Crippen molar-refractivity contribution in [2.75, 3.05) is 12.0 Å².